The predicted octanol–water partition coefficient (Wildman–Crippen LogP) is 1.91. The maximum atomic E-state index is 11.7. The molecule has 82 valence electrons. The van der Waals surface area contributed by atoms with Gasteiger partial charge in [0, 0.05) is 18.9 Å². The molecule has 0 bridgehead atoms. The first-order valence-corrected chi connectivity index (χ1v) is 5.31. The van der Waals surface area contributed by atoms with Gasteiger partial charge in [0.15, 0.2) is 0 Å². The Labute approximate surface area is 99.2 Å². The van der Waals surface area contributed by atoms with Gasteiger partial charge in [-0.1, -0.05) is 17.7 Å². The molecule has 1 aliphatic heterocycles. The number of nitrogens with two attached hydrogens (primary N) is 1. The number of carbonyl (C=O) groups is 1. The molecule has 16 heavy (non-hydrogen) atoms. The number of hydrogen-bond donors (Lipinski definition) is 1. The summed E-state index contributed by atoms with van der Waals surface area (Å²) in [5.41, 5.74) is 6.91. The Morgan fingerprint density at radius 2 is 2.31 bits per heavy atom. The summed E-state index contributed by atoms with van der Waals surface area (Å²) in [5.74, 6) is 2.55. The SMILES string of the molecule is C#CC1CC(=O)N(c2cccc(Cl)c2N)C1. The molecule has 2 rings (SSSR count). The molecule has 4 heteroatoms. The normalized spacial score (nSPS) is 19.9. The van der Waals surface area contributed by atoms with E-state index in [1.807, 2.05) is 0 Å². The van der Waals surface area contributed by atoms with Crippen LogP contribution < -0.4 is 10.6 Å². The minimum absolute atomic E-state index is 0.00285. The summed E-state index contributed by atoms with van der Waals surface area (Å²) in [4.78, 5) is 13.3. The van der Waals surface area contributed by atoms with E-state index in [-0.39, 0.29) is 11.8 Å². The van der Waals surface area contributed by atoms with E-state index in [9.17, 15) is 4.79 Å². The number of hydrogen-bond acceptors (Lipinski definition) is 2. The maximum Gasteiger partial charge on any atom is 0.228 e. The van der Waals surface area contributed by atoms with Crippen molar-refractivity contribution in [1.29, 1.82) is 0 Å². The van der Waals surface area contributed by atoms with Gasteiger partial charge in [-0.2, -0.15) is 0 Å². The molecule has 2 N–H and O–H groups in total. The number of nitrogen functional groups attached to an aromatic ring is 1. The number of terminal acetylenes is 1. The number of carbonyl (C=O) groups excluding carboxylic acids is 1. The predicted molar refractivity (Wildman–Crippen MR) is 65.2 cm³/mol. The molecule has 0 aliphatic carbocycles. The molecule has 1 fully saturated rings. The zero-order valence-corrected chi connectivity index (χ0v) is 9.37. The van der Waals surface area contributed by atoms with E-state index in [2.05, 4.69) is 5.92 Å². The number of benzene rings is 1. The number of amides is 1. The average Bonchev–Trinajstić information content (AvgIpc) is 2.64. The van der Waals surface area contributed by atoms with Crippen LogP contribution >= 0.6 is 11.6 Å². The summed E-state index contributed by atoms with van der Waals surface area (Å²) >= 11 is 5.91. The van der Waals surface area contributed by atoms with Gasteiger partial charge in [0.1, 0.15) is 0 Å². The zero-order valence-electron chi connectivity index (χ0n) is 8.61. The van der Waals surface area contributed by atoms with Crippen LogP contribution in [-0.2, 0) is 4.79 Å². The molecule has 0 aromatic heterocycles. The van der Waals surface area contributed by atoms with Gasteiger partial charge in [-0.05, 0) is 12.1 Å². The highest BCUT2D eigenvalue weighted by atomic mass is 35.5. The summed E-state index contributed by atoms with van der Waals surface area (Å²) in [7, 11) is 0. The standard InChI is InChI=1S/C12H11ClN2O/c1-2-8-6-11(16)15(7-8)10-5-3-4-9(13)12(10)14/h1,3-5,8H,6-7,14H2. The van der Waals surface area contributed by atoms with Crippen LogP contribution in [0.25, 0.3) is 0 Å². The second kappa shape index (κ2) is 4.07. The van der Waals surface area contributed by atoms with Gasteiger partial charge in [0.25, 0.3) is 0 Å². The Morgan fingerprint density at radius 3 is 2.94 bits per heavy atom. The van der Waals surface area contributed by atoms with Crippen LogP contribution in [0.15, 0.2) is 18.2 Å². The van der Waals surface area contributed by atoms with Crippen molar-refractivity contribution in [3.8, 4) is 12.3 Å². The summed E-state index contributed by atoms with van der Waals surface area (Å²) in [6.07, 6.45) is 5.70. The fourth-order valence-corrected chi connectivity index (χ4v) is 1.98. The molecule has 1 saturated heterocycles. The molecule has 0 saturated carbocycles. The van der Waals surface area contributed by atoms with Crippen molar-refractivity contribution in [3.63, 3.8) is 0 Å². The highest BCUT2D eigenvalue weighted by molar-refractivity contribution is 6.33. The second-order valence-electron chi connectivity index (χ2n) is 3.74. The zero-order chi connectivity index (χ0) is 11.7. The van der Waals surface area contributed by atoms with E-state index < -0.39 is 0 Å². The van der Waals surface area contributed by atoms with Gasteiger partial charge >= 0.3 is 0 Å². The minimum Gasteiger partial charge on any atom is -0.396 e. The largest absolute Gasteiger partial charge is 0.396 e. The second-order valence-corrected chi connectivity index (χ2v) is 4.15. The average molecular weight is 235 g/mol. The van der Waals surface area contributed by atoms with Gasteiger partial charge in [-0.3, -0.25) is 4.79 Å². The highest BCUT2D eigenvalue weighted by Crippen LogP contribution is 2.33. The van der Waals surface area contributed by atoms with Gasteiger partial charge in [-0.15, -0.1) is 12.3 Å². The molecule has 1 aromatic rings. The van der Waals surface area contributed by atoms with E-state index in [1.54, 1.807) is 23.1 Å². The Hall–Kier alpha value is -1.66. The summed E-state index contributed by atoms with van der Waals surface area (Å²) in [6, 6.07) is 5.24. The Kier molecular flexibility index (Phi) is 2.76. The highest BCUT2D eigenvalue weighted by Gasteiger charge is 2.30. The van der Waals surface area contributed by atoms with Gasteiger partial charge in [-0.25, -0.2) is 0 Å². The van der Waals surface area contributed by atoms with Crippen LogP contribution in [-0.4, -0.2) is 12.5 Å². The third kappa shape index (κ3) is 1.72. The lowest BCUT2D eigenvalue weighted by molar-refractivity contribution is -0.117. The lowest BCUT2D eigenvalue weighted by Crippen LogP contribution is -2.25. The molecule has 1 amide bonds. The Balaban J connectivity index is 2.36. The van der Waals surface area contributed by atoms with E-state index in [0.29, 0.717) is 29.4 Å². The van der Waals surface area contributed by atoms with E-state index in [0.717, 1.165) is 0 Å². The van der Waals surface area contributed by atoms with E-state index in [1.165, 1.54) is 0 Å². The Morgan fingerprint density at radius 1 is 1.56 bits per heavy atom. The fraction of sp³-hybridized carbons (Fsp3) is 0.250. The van der Waals surface area contributed by atoms with Crippen molar-refractivity contribution in [2.45, 2.75) is 6.42 Å². The number of para-hydroxylation sites is 1. The van der Waals surface area contributed by atoms with E-state index in [4.69, 9.17) is 23.8 Å². The molecule has 1 aliphatic rings. The van der Waals surface area contributed by atoms with Crippen LogP contribution in [0.3, 0.4) is 0 Å². The van der Waals surface area contributed by atoms with Crippen molar-refractivity contribution in [3.05, 3.63) is 23.2 Å². The number of anilines is 2. The van der Waals surface area contributed by atoms with Gasteiger partial charge in [0.05, 0.1) is 16.4 Å². The molecule has 3 nitrogen and oxygen atoms in total. The third-order valence-corrected chi connectivity index (χ3v) is 3.01. The molecule has 1 aromatic carbocycles. The first-order chi connectivity index (χ1) is 7.63. The first kappa shape index (κ1) is 10.8. The number of nitrogens with zero attached hydrogens (tertiary/aromatic N) is 1. The van der Waals surface area contributed by atoms with Crippen molar-refractivity contribution in [1.82, 2.24) is 0 Å². The topological polar surface area (TPSA) is 46.3 Å². The van der Waals surface area contributed by atoms with Crippen LogP contribution in [0.1, 0.15) is 6.42 Å². The quantitative estimate of drug-likeness (QED) is 0.596. The van der Waals surface area contributed by atoms with Crippen molar-refractivity contribution >= 4 is 28.9 Å². The smallest absolute Gasteiger partial charge is 0.228 e. The fourth-order valence-electron chi connectivity index (χ4n) is 1.81. The number of halogens is 1. The summed E-state index contributed by atoms with van der Waals surface area (Å²) in [6.45, 7) is 0.514. The van der Waals surface area contributed by atoms with Crippen LogP contribution in [0, 0.1) is 18.3 Å². The molecular formula is C12H11ClN2O. The molecular weight excluding hydrogens is 224 g/mol. The van der Waals surface area contributed by atoms with Gasteiger partial charge in [0.2, 0.25) is 5.91 Å². The molecule has 0 spiro atoms. The number of rotatable bonds is 1. The van der Waals surface area contributed by atoms with Crippen molar-refractivity contribution in [2.75, 3.05) is 17.2 Å². The first-order valence-electron chi connectivity index (χ1n) is 4.94. The molecule has 0 radical (unpaired) electrons. The third-order valence-electron chi connectivity index (χ3n) is 2.68. The van der Waals surface area contributed by atoms with Crippen molar-refractivity contribution in [2.24, 2.45) is 5.92 Å². The lowest BCUT2D eigenvalue weighted by Gasteiger charge is -2.18. The maximum absolute atomic E-state index is 11.7. The molecule has 1 heterocycles. The summed E-state index contributed by atoms with van der Waals surface area (Å²) in [5, 5.41) is 0.453. The lowest BCUT2D eigenvalue weighted by atomic mass is 10.1. The Bertz CT molecular complexity index is 478. The van der Waals surface area contributed by atoms with Gasteiger partial charge < -0.3 is 10.6 Å². The molecule has 1 unspecified atom stereocenters. The van der Waals surface area contributed by atoms with Crippen molar-refractivity contribution < 1.29 is 4.79 Å². The summed E-state index contributed by atoms with van der Waals surface area (Å²) < 4.78 is 0. The molecule has 1 atom stereocenters. The minimum atomic E-state index is -0.0362. The van der Waals surface area contributed by atoms with E-state index >= 15 is 0 Å². The van der Waals surface area contributed by atoms with Crippen LogP contribution in [0.4, 0.5) is 11.4 Å². The monoisotopic (exact) mass is 234 g/mol. The van der Waals surface area contributed by atoms with Crippen LogP contribution in [0.2, 0.25) is 5.02 Å². The van der Waals surface area contributed by atoms with Crippen LogP contribution in [0.5, 0.6) is 0 Å².